The Kier molecular flexibility index (Phi) is 19.4. The number of phenolic OH excluding ortho intramolecular Hbond substituents is 1. The third kappa shape index (κ3) is 16.1. The zero-order chi connectivity index (χ0) is 54.8. The van der Waals surface area contributed by atoms with Crippen molar-refractivity contribution in [3.63, 3.8) is 0 Å². The fourth-order valence-corrected chi connectivity index (χ4v) is 11.4. The van der Waals surface area contributed by atoms with Gasteiger partial charge in [-0.15, -0.1) is 18.9 Å². The number of aromatic hydroxyl groups is 1. The first-order chi connectivity index (χ1) is 35.3. The fourth-order valence-electron chi connectivity index (χ4n) is 6.66. The summed E-state index contributed by atoms with van der Waals surface area (Å²) in [4.78, 5) is 10.4. The Morgan fingerprint density at radius 1 is 0.627 bits per heavy atom. The maximum absolute atomic E-state index is 13.2. The summed E-state index contributed by atoms with van der Waals surface area (Å²) < 4.78 is 174. The van der Waals surface area contributed by atoms with Crippen LogP contribution in [0.25, 0.3) is 10.8 Å². The number of nitrogens with one attached hydrogen (secondary N) is 2. The summed E-state index contributed by atoms with van der Waals surface area (Å²) in [5.41, 5.74) is 4.35. The lowest BCUT2D eigenvalue weighted by Gasteiger charge is -2.18. The van der Waals surface area contributed by atoms with Crippen molar-refractivity contribution in [3.8, 4) is 5.75 Å². The van der Waals surface area contributed by atoms with Crippen LogP contribution in [0.1, 0.15) is 23.7 Å². The lowest BCUT2D eigenvalue weighted by Crippen LogP contribution is -2.19. The van der Waals surface area contributed by atoms with Gasteiger partial charge in [-0.05, 0) is 72.0 Å². The molecule has 1 unspecified atom stereocenters. The second kappa shape index (κ2) is 24.9. The molecular formula is C38H38N8O22S7. The standard InChI is InChI=1S/C38H38N8O22S7/c39-34-32(75(60,61)62)19-23-18-27(73(54,55)56)21-30(47)33(23)35(34)46-45-29-11-8-25(20-31(29)74(57,58)59)41-38-43-36(28(22-4-2-1-3-5-22)12-15-71(50,51)16-13-63-69-67-65-48)42-37(44-38)40-24-6-9-26(10-7-24)72(52,53)17-14-64-70-68-66-49/h1-11,18-21,28,47-49H,12-17,39H2,(H,54,55,56)(H,57,58,59)(H,60,61,62)(H2,40,41,42,43,44). The van der Waals surface area contributed by atoms with Crippen molar-refractivity contribution >= 4 is 126 Å². The number of hydrogen-bond donors (Lipinski definition) is 9. The Morgan fingerprint density at radius 3 is 1.80 bits per heavy atom. The van der Waals surface area contributed by atoms with E-state index in [1.807, 2.05) is 0 Å². The average Bonchev–Trinajstić information content (AvgIpc) is 3.33. The highest BCUT2D eigenvalue weighted by molar-refractivity contribution is 7.92. The summed E-state index contributed by atoms with van der Waals surface area (Å²) in [6, 6.07) is 18.5. The molecule has 0 aliphatic rings. The average molecular weight is 1180 g/mol. The molecule has 0 fully saturated rings. The topological polar surface area (TPSA) is 461 Å². The Bertz CT molecular complexity index is 3640. The zero-order valence-electron chi connectivity index (χ0n) is 37.4. The van der Waals surface area contributed by atoms with Gasteiger partial charge in [0, 0.05) is 23.4 Å². The first-order valence-electron chi connectivity index (χ1n) is 20.3. The van der Waals surface area contributed by atoms with Gasteiger partial charge in [-0.1, -0.05) is 40.4 Å². The van der Waals surface area contributed by atoms with Gasteiger partial charge in [0.15, 0.2) is 44.3 Å². The lowest BCUT2D eigenvalue weighted by molar-refractivity contribution is -0.434. The lowest BCUT2D eigenvalue weighted by atomic mass is 9.95. The third-order valence-electron chi connectivity index (χ3n) is 9.97. The molecule has 0 bridgehead atoms. The van der Waals surface area contributed by atoms with Crippen LogP contribution in [0, 0.1) is 0 Å². The Morgan fingerprint density at radius 2 is 1.21 bits per heavy atom. The molecule has 0 amide bonds. The minimum atomic E-state index is -5.26. The van der Waals surface area contributed by atoms with Crippen LogP contribution < -0.4 is 16.4 Å². The van der Waals surface area contributed by atoms with E-state index in [-0.39, 0.29) is 78.3 Å². The minimum Gasteiger partial charge on any atom is -0.507 e. The normalized spacial score (nSPS) is 13.1. The predicted octanol–water partition coefficient (Wildman–Crippen LogP) is 5.67. The van der Waals surface area contributed by atoms with Crippen LogP contribution in [-0.4, -0.2) is 117 Å². The summed E-state index contributed by atoms with van der Waals surface area (Å²) in [5, 5.41) is 46.5. The quantitative estimate of drug-likeness (QED) is 0.00570. The van der Waals surface area contributed by atoms with Crippen LogP contribution in [0.4, 0.5) is 40.3 Å². The van der Waals surface area contributed by atoms with Gasteiger partial charge in [0.1, 0.15) is 32.7 Å². The van der Waals surface area contributed by atoms with Gasteiger partial charge < -0.3 is 21.5 Å². The smallest absolute Gasteiger partial charge is 0.296 e. The molecule has 6 rings (SSSR count). The summed E-state index contributed by atoms with van der Waals surface area (Å²) in [7, 11) is -23.2. The molecule has 0 saturated carbocycles. The largest absolute Gasteiger partial charge is 0.507 e. The maximum Gasteiger partial charge on any atom is 0.296 e. The van der Waals surface area contributed by atoms with E-state index in [1.165, 1.54) is 30.3 Å². The first kappa shape index (κ1) is 58.4. The highest BCUT2D eigenvalue weighted by Crippen LogP contribution is 2.44. The number of sulfone groups is 2. The molecule has 37 heteroatoms. The van der Waals surface area contributed by atoms with Crippen LogP contribution in [0.2, 0.25) is 0 Å². The van der Waals surface area contributed by atoms with Gasteiger partial charge in [0.05, 0.1) is 51.3 Å². The number of anilines is 5. The molecule has 0 saturated heterocycles. The van der Waals surface area contributed by atoms with Crippen molar-refractivity contribution in [2.45, 2.75) is 31.9 Å². The number of hydrogen-bond acceptors (Lipinski definition) is 29. The van der Waals surface area contributed by atoms with Gasteiger partial charge in [-0.3, -0.25) is 22.0 Å². The van der Waals surface area contributed by atoms with Crippen molar-refractivity contribution in [3.05, 3.63) is 102 Å². The van der Waals surface area contributed by atoms with Crippen LogP contribution in [0.5, 0.6) is 5.75 Å². The van der Waals surface area contributed by atoms with E-state index in [0.29, 0.717) is 23.8 Å². The van der Waals surface area contributed by atoms with Crippen molar-refractivity contribution in [1.82, 2.24) is 15.0 Å². The van der Waals surface area contributed by atoms with Gasteiger partial charge in [-0.25, -0.2) is 27.4 Å². The summed E-state index contributed by atoms with van der Waals surface area (Å²) in [5.74, 6) is -3.92. The fraction of sp³-hybridized carbons (Fsp3) is 0.184. The first-order valence-corrected chi connectivity index (χ1v) is 29.4. The Labute approximate surface area is 433 Å². The number of phenols is 1. The van der Waals surface area contributed by atoms with E-state index in [4.69, 9.17) is 24.6 Å². The number of rotatable bonds is 27. The highest BCUT2D eigenvalue weighted by atomic mass is 32.2. The number of nitrogens with two attached hydrogens (primary N) is 1. The SMILES string of the molecule is Nc1c(S(=O)(=O)O)cc2cc(S(=O)(=O)O)cc(O)c2c1N=Nc1ccc(Nc2nc(Nc3ccc(S(=O)(=O)CCOSOOO)cc3)nc(C(CCS(=O)(=O)CCOSOOO)c3ccccc3)n2)cc1S(=O)(=O)O. The second-order valence-electron chi connectivity index (χ2n) is 14.9. The van der Waals surface area contributed by atoms with E-state index < -0.39 is 121 Å². The molecule has 10 N–H and O–H groups in total. The van der Waals surface area contributed by atoms with Gasteiger partial charge in [-0.2, -0.15) is 40.2 Å². The zero-order valence-corrected chi connectivity index (χ0v) is 43.1. The van der Waals surface area contributed by atoms with Crippen LogP contribution in [-0.2, 0) is 77.1 Å². The highest BCUT2D eigenvalue weighted by Gasteiger charge is 2.27. The van der Waals surface area contributed by atoms with Crippen molar-refractivity contribution in [2.24, 2.45) is 10.2 Å². The molecule has 5 aromatic carbocycles. The molecule has 75 heavy (non-hydrogen) atoms. The number of benzene rings is 5. The van der Waals surface area contributed by atoms with E-state index in [0.717, 1.165) is 12.1 Å². The van der Waals surface area contributed by atoms with E-state index in [2.05, 4.69) is 54.6 Å². The molecule has 1 atom stereocenters. The molecule has 404 valence electrons. The molecule has 0 aliphatic carbocycles. The molecule has 30 nitrogen and oxygen atoms in total. The van der Waals surface area contributed by atoms with E-state index in [9.17, 15) is 60.9 Å². The van der Waals surface area contributed by atoms with Gasteiger partial charge in [0.2, 0.25) is 11.9 Å². The molecule has 0 aliphatic heterocycles. The maximum atomic E-state index is 13.2. The Hall–Kier alpha value is -5.82. The van der Waals surface area contributed by atoms with Crippen molar-refractivity contribution in [2.75, 3.05) is 46.8 Å². The summed E-state index contributed by atoms with van der Waals surface area (Å²) >= 11 is 0.378. The van der Waals surface area contributed by atoms with Gasteiger partial charge in [0.25, 0.3) is 30.4 Å². The molecule has 1 heterocycles. The summed E-state index contributed by atoms with van der Waals surface area (Å²) in [6.45, 7) is -0.731. The molecule has 1 aromatic heterocycles. The van der Waals surface area contributed by atoms with E-state index in [1.54, 1.807) is 30.3 Å². The number of nitrogens with zero attached hydrogens (tertiary/aromatic N) is 5. The monoisotopic (exact) mass is 1180 g/mol. The Balaban J connectivity index is 1.40. The number of fused-ring (bicyclic) bond motifs is 1. The molecular weight excluding hydrogens is 1140 g/mol. The minimum absolute atomic E-state index is 0.0614. The van der Waals surface area contributed by atoms with Crippen LogP contribution >= 0.6 is 24.6 Å². The van der Waals surface area contributed by atoms with Gasteiger partial charge >= 0.3 is 0 Å². The van der Waals surface area contributed by atoms with E-state index >= 15 is 0 Å². The predicted molar refractivity (Wildman–Crippen MR) is 263 cm³/mol. The second-order valence-corrected chi connectivity index (χ2v) is 24.5. The summed E-state index contributed by atoms with van der Waals surface area (Å²) in [6.07, 6.45) is -0.147. The number of nitrogen functional groups attached to an aromatic ring is 1. The van der Waals surface area contributed by atoms with Crippen molar-refractivity contribution < 1.29 is 98.5 Å². The number of azo groups is 1. The molecule has 0 spiro atoms. The third-order valence-corrected chi connectivity index (χ3v) is 16.7. The van der Waals surface area contributed by atoms with Crippen LogP contribution in [0.15, 0.2) is 121 Å². The molecule has 0 radical (unpaired) electrons. The molecule has 6 aromatic rings. The number of aromatic nitrogens is 3. The van der Waals surface area contributed by atoms with Crippen LogP contribution in [0.3, 0.4) is 0 Å². The van der Waals surface area contributed by atoms with Crippen molar-refractivity contribution in [1.29, 1.82) is 0 Å².